The van der Waals surface area contributed by atoms with Gasteiger partial charge in [-0.25, -0.2) is 0 Å². The van der Waals surface area contributed by atoms with Gasteiger partial charge in [0.15, 0.2) is 0 Å². The topological polar surface area (TPSA) is 50.4 Å². The summed E-state index contributed by atoms with van der Waals surface area (Å²) in [5.41, 5.74) is 2.79. The average molecular weight is 335 g/mol. The van der Waals surface area contributed by atoms with Crippen molar-refractivity contribution in [3.8, 4) is 0 Å². The predicted molar refractivity (Wildman–Crippen MR) is 94.6 cm³/mol. The average Bonchev–Trinajstić information content (AvgIpc) is 2.55. The number of methoxy groups -OCH3 is 1. The largest absolute Gasteiger partial charge is 0.502 e. The minimum Gasteiger partial charge on any atom is -0.502 e. The summed E-state index contributed by atoms with van der Waals surface area (Å²) in [6.07, 6.45) is 3.66. The Kier molecular flexibility index (Phi) is 6.25. The molecular formula is C18H23ClN2O2. The third kappa shape index (κ3) is 4.85. The number of halogens is 1. The van der Waals surface area contributed by atoms with Gasteiger partial charge in [0.2, 0.25) is 0 Å². The van der Waals surface area contributed by atoms with E-state index in [1.54, 1.807) is 13.2 Å². The molecule has 2 N–H and O–H groups in total. The number of carbonyl (C=O) groups is 1. The fourth-order valence-corrected chi connectivity index (χ4v) is 2.87. The fraction of sp³-hybridized carbons (Fsp3) is 0.389. The number of carbonyl (C=O) groups excluding carboxylic acids is 1. The number of hydrogen-bond donors (Lipinski definition) is 2. The highest BCUT2D eigenvalue weighted by Crippen LogP contribution is 2.28. The molecule has 1 atom stereocenters. The van der Waals surface area contributed by atoms with Crippen molar-refractivity contribution in [3.63, 3.8) is 0 Å². The summed E-state index contributed by atoms with van der Waals surface area (Å²) in [4.78, 5) is 12.3. The molecule has 124 valence electrons. The van der Waals surface area contributed by atoms with E-state index >= 15 is 0 Å². The number of nitrogens with one attached hydrogen (secondary N) is 2. The van der Waals surface area contributed by atoms with Crippen molar-refractivity contribution in [1.29, 1.82) is 0 Å². The molecule has 0 saturated heterocycles. The van der Waals surface area contributed by atoms with Crippen LogP contribution >= 0.6 is 11.6 Å². The van der Waals surface area contributed by atoms with Gasteiger partial charge < -0.3 is 15.4 Å². The first kappa shape index (κ1) is 17.6. The van der Waals surface area contributed by atoms with Crippen LogP contribution in [0.5, 0.6) is 0 Å². The van der Waals surface area contributed by atoms with E-state index < -0.39 is 0 Å². The molecule has 1 aliphatic rings. The van der Waals surface area contributed by atoms with E-state index in [0.717, 1.165) is 25.1 Å². The first-order valence-corrected chi connectivity index (χ1v) is 8.11. The SMILES string of the molecule is C=C(CC(C)NC(=O)c1ccc(C2=CCNCC2)c(Cl)c1)OC. The molecule has 0 radical (unpaired) electrons. The van der Waals surface area contributed by atoms with Crippen LogP contribution in [0.2, 0.25) is 5.02 Å². The molecule has 5 heteroatoms. The van der Waals surface area contributed by atoms with Crippen molar-refractivity contribution >= 4 is 23.1 Å². The Morgan fingerprint density at radius 2 is 2.30 bits per heavy atom. The molecule has 4 nitrogen and oxygen atoms in total. The molecule has 23 heavy (non-hydrogen) atoms. The normalized spacial score (nSPS) is 15.5. The maximum absolute atomic E-state index is 12.3. The van der Waals surface area contributed by atoms with Crippen molar-refractivity contribution in [2.24, 2.45) is 0 Å². The Morgan fingerprint density at radius 1 is 1.52 bits per heavy atom. The summed E-state index contributed by atoms with van der Waals surface area (Å²) < 4.78 is 5.03. The number of rotatable bonds is 6. The Morgan fingerprint density at radius 3 is 2.91 bits per heavy atom. The number of amides is 1. The highest BCUT2D eigenvalue weighted by molar-refractivity contribution is 6.32. The molecule has 2 rings (SSSR count). The summed E-state index contributed by atoms with van der Waals surface area (Å²) in [6.45, 7) is 7.48. The van der Waals surface area contributed by atoms with Crippen molar-refractivity contribution in [2.75, 3.05) is 20.2 Å². The van der Waals surface area contributed by atoms with Crippen LogP contribution in [-0.2, 0) is 4.74 Å². The summed E-state index contributed by atoms with van der Waals surface area (Å²) >= 11 is 6.37. The second-order valence-corrected chi connectivity index (χ2v) is 6.11. The molecule has 1 unspecified atom stereocenters. The van der Waals surface area contributed by atoms with Gasteiger partial charge in [0.1, 0.15) is 0 Å². The molecule has 0 spiro atoms. The smallest absolute Gasteiger partial charge is 0.251 e. The first-order chi connectivity index (χ1) is 11.0. The zero-order chi connectivity index (χ0) is 16.8. The van der Waals surface area contributed by atoms with Gasteiger partial charge in [-0.1, -0.05) is 30.3 Å². The number of benzene rings is 1. The fourth-order valence-electron chi connectivity index (χ4n) is 2.57. The minimum absolute atomic E-state index is 0.0551. The Labute approximate surface area is 142 Å². The lowest BCUT2D eigenvalue weighted by molar-refractivity contribution is 0.0937. The van der Waals surface area contributed by atoms with Crippen molar-refractivity contribution < 1.29 is 9.53 Å². The molecule has 0 aromatic heterocycles. The van der Waals surface area contributed by atoms with E-state index in [9.17, 15) is 4.79 Å². The third-order valence-corrected chi connectivity index (χ3v) is 4.15. The van der Waals surface area contributed by atoms with Gasteiger partial charge in [0.25, 0.3) is 5.91 Å². The lowest BCUT2D eigenvalue weighted by Crippen LogP contribution is -2.32. The zero-order valence-corrected chi connectivity index (χ0v) is 14.4. The van der Waals surface area contributed by atoms with Crippen LogP contribution in [0, 0.1) is 0 Å². The number of hydrogen-bond acceptors (Lipinski definition) is 3. The highest BCUT2D eigenvalue weighted by atomic mass is 35.5. The van der Waals surface area contributed by atoms with Crippen molar-refractivity contribution in [2.45, 2.75) is 25.8 Å². The molecule has 0 fully saturated rings. The lowest BCUT2D eigenvalue weighted by Gasteiger charge is -2.17. The summed E-state index contributed by atoms with van der Waals surface area (Å²) in [6, 6.07) is 5.41. The summed E-state index contributed by atoms with van der Waals surface area (Å²) in [7, 11) is 1.57. The van der Waals surface area contributed by atoms with Crippen molar-refractivity contribution in [3.05, 3.63) is 52.8 Å². The van der Waals surface area contributed by atoms with Crippen LogP contribution in [0.25, 0.3) is 5.57 Å². The summed E-state index contributed by atoms with van der Waals surface area (Å²) in [5.74, 6) is 0.498. The van der Waals surface area contributed by atoms with E-state index in [1.165, 1.54) is 5.57 Å². The second-order valence-electron chi connectivity index (χ2n) is 5.70. The highest BCUT2D eigenvalue weighted by Gasteiger charge is 2.14. The van der Waals surface area contributed by atoms with Gasteiger partial charge >= 0.3 is 0 Å². The van der Waals surface area contributed by atoms with Gasteiger partial charge in [-0.05, 0) is 43.2 Å². The van der Waals surface area contributed by atoms with E-state index in [-0.39, 0.29) is 11.9 Å². The van der Waals surface area contributed by atoms with Gasteiger partial charge in [-0.3, -0.25) is 4.79 Å². The quantitative estimate of drug-likeness (QED) is 0.784. The molecule has 0 aliphatic carbocycles. The van der Waals surface area contributed by atoms with Crippen LogP contribution in [0.3, 0.4) is 0 Å². The lowest BCUT2D eigenvalue weighted by atomic mass is 9.99. The van der Waals surface area contributed by atoms with E-state index in [4.69, 9.17) is 16.3 Å². The van der Waals surface area contributed by atoms with Crippen LogP contribution in [0.1, 0.15) is 35.7 Å². The minimum atomic E-state index is -0.144. The third-order valence-electron chi connectivity index (χ3n) is 3.84. The molecular weight excluding hydrogens is 312 g/mol. The van der Waals surface area contributed by atoms with E-state index in [0.29, 0.717) is 22.8 Å². The molecule has 1 amide bonds. The molecule has 1 aromatic carbocycles. The molecule has 0 bridgehead atoms. The molecule has 1 heterocycles. The molecule has 1 aliphatic heterocycles. The van der Waals surface area contributed by atoms with Gasteiger partial charge in [-0.2, -0.15) is 0 Å². The van der Waals surface area contributed by atoms with E-state index in [1.807, 2.05) is 19.1 Å². The monoisotopic (exact) mass is 334 g/mol. The van der Waals surface area contributed by atoms with E-state index in [2.05, 4.69) is 23.3 Å². The zero-order valence-electron chi connectivity index (χ0n) is 13.6. The first-order valence-electron chi connectivity index (χ1n) is 7.73. The van der Waals surface area contributed by atoms with Crippen molar-refractivity contribution in [1.82, 2.24) is 10.6 Å². The maximum Gasteiger partial charge on any atom is 0.251 e. The van der Waals surface area contributed by atoms with Gasteiger partial charge in [0.05, 0.1) is 12.9 Å². The second kappa shape index (κ2) is 8.18. The number of ether oxygens (including phenoxy) is 1. The Hall–Kier alpha value is -1.78. The van der Waals surface area contributed by atoms with Gasteiger partial charge in [-0.15, -0.1) is 0 Å². The maximum atomic E-state index is 12.3. The molecule has 0 saturated carbocycles. The summed E-state index contributed by atoms with van der Waals surface area (Å²) in [5, 5.41) is 6.81. The van der Waals surface area contributed by atoms with Crippen LogP contribution in [0.15, 0.2) is 36.6 Å². The Balaban J connectivity index is 2.06. The van der Waals surface area contributed by atoms with Crippen LogP contribution < -0.4 is 10.6 Å². The van der Waals surface area contributed by atoms with Gasteiger partial charge in [0, 0.05) is 29.6 Å². The Bertz CT molecular complexity index is 625. The van der Waals surface area contributed by atoms with Crippen LogP contribution in [-0.4, -0.2) is 32.1 Å². The standard InChI is InChI=1S/C18H23ClN2O2/c1-12(10-13(2)23-3)21-18(22)15-4-5-16(17(19)11-15)14-6-8-20-9-7-14/h4-6,11-12,20H,2,7-10H2,1,3H3,(H,21,22). The van der Waals surface area contributed by atoms with Crippen LogP contribution in [0.4, 0.5) is 0 Å². The molecule has 1 aromatic rings. The predicted octanol–water partition coefficient (Wildman–Crippen LogP) is 3.39.